The number of alkyl halides is 3. The molecule has 2 aromatic rings. The third-order valence-corrected chi connectivity index (χ3v) is 3.80. The lowest BCUT2D eigenvalue weighted by atomic mass is 10.1. The molecule has 0 aliphatic carbocycles. The molecule has 0 spiro atoms. The highest BCUT2D eigenvalue weighted by Crippen LogP contribution is 2.31. The van der Waals surface area contributed by atoms with Crippen molar-refractivity contribution in [2.75, 3.05) is 6.61 Å². The lowest BCUT2D eigenvalue weighted by Crippen LogP contribution is -2.04. The molecule has 2 rings (SSSR count). The van der Waals surface area contributed by atoms with Crippen molar-refractivity contribution in [3.05, 3.63) is 35.7 Å². The fraction of sp³-hybridized carbons (Fsp3) is 0.385. The minimum absolute atomic E-state index is 0.0221. The molecule has 0 bridgehead atoms. The van der Waals surface area contributed by atoms with Gasteiger partial charge in [-0.1, -0.05) is 24.2 Å². The molecule has 0 aliphatic rings. The van der Waals surface area contributed by atoms with Crippen LogP contribution in [-0.2, 0) is 11.9 Å². The number of aliphatic hydroxyl groups excluding tert-OH is 1. The van der Waals surface area contributed by atoms with Gasteiger partial charge in [0.15, 0.2) is 0 Å². The van der Waals surface area contributed by atoms with Crippen LogP contribution in [0.25, 0.3) is 11.4 Å². The van der Waals surface area contributed by atoms with Crippen LogP contribution in [-0.4, -0.2) is 27.1 Å². The third-order valence-electron chi connectivity index (χ3n) is 2.66. The van der Waals surface area contributed by atoms with Gasteiger partial charge in [0.25, 0.3) is 0 Å². The van der Waals surface area contributed by atoms with Gasteiger partial charge in [0, 0.05) is 10.8 Å². The monoisotopic (exact) mass is 318 g/mol. The number of benzene rings is 1. The fourth-order valence-corrected chi connectivity index (χ4v) is 2.18. The van der Waals surface area contributed by atoms with Crippen molar-refractivity contribution in [1.82, 2.24) is 10.1 Å². The number of aliphatic hydroxyl groups is 1. The number of thioether (sulfide) groups is 1. The first kappa shape index (κ1) is 15.8. The fourth-order valence-electron chi connectivity index (χ4n) is 1.53. The average Bonchev–Trinajstić information content (AvgIpc) is 2.93. The Labute approximate surface area is 123 Å². The maximum atomic E-state index is 12.6. The summed E-state index contributed by atoms with van der Waals surface area (Å²) in [7, 11) is 0. The van der Waals surface area contributed by atoms with Crippen LogP contribution in [0.2, 0.25) is 0 Å². The first-order valence-electron chi connectivity index (χ1n) is 6.13. The van der Waals surface area contributed by atoms with Crippen molar-refractivity contribution in [1.29, 1.82) is 0 Å². The summed E-state index contributed by atoms with van der Waals surface area (Å²) in [5.41, 5.74) is -0.505. The molecule has 1 aromatic carbocycles. The smallest absolute Gasteiger partial charge is 0.395 e. The molecule has 21 heavy (non-hydrogen) atoms. The van der Waals surface area contributed by atoms with E-state index >= 15 is 0 Å². The Kier molecular flexibility index (Phi) is 4.89. The van der Waals surface area contributed by atoms with E-state index in [2.05, 4.69) is 10.1 Å². The Morgan fingerprint density at radius 2 is 2.14 bits per heavy atom. The van der Waals surface area contributed by atoms with Gasteiger partial charge < -0.3 is 9.63 Å². The normalized spacial score (nSPS) is 13.4. The highest BCUT2D eigenvalue weighted by Gasteiger charge is 2.30. The van der Waals surface area contributed by atoms with Crippen LogP contribution in [0.4, 0.5) is 13.2 Å². The Morgan fingerprint density at radius 3 is 2.81 bits per heavy atom. The lowest BCUT2D eigenvalue weighted by Gasteiger charge is -2.06. The molecule has 1 heterocycles. The molecule has 1 N–H and O–H groups in total. The molecular formula is C13H13F3N2O2S. The minimum atomic E-state index is -4.41. The molecular weight excluding hydrogens is 305 g/mol. The second-order valence-electron chi connectivity index (χ2n) is 4.39. The quantitative estimate of drug-likeness (QED) is 0.916. The number of nitrogens with zero attached hydrogens (tertiary/aromatic N) is 2. The van der Waals surface area contributed by atoms with E-state index in [1.165, 1.54) is 23.9 Å². The van der Waals surface area contributed by atoms with E-state index in [4.69, 9.17) is 9.63 Å². The summed E-state index contributed by atoms with van der Waals surface area (Å²) in [5.74, 6) is 0.828. The SMILES string of the molecule is CC(CO)SCc1nc(-c2cccc(C(F)(F)F)c2)no1. The van der Waals surface area contributed by atoms with Crippen LogP contribution < -0.4 is 0 Å². The van der Waals surface area contributed by atoms with E-state index in [-0.39, 0.29) is 23.2 Å². The van der Waals surface area contributed by atoms with Crippen LogP contribution in [0.3, 0.4) is 0 Å². The Bertz CT molecular complexity index is 601. The van der Waals surface area contributed by atoms with Gasteiger partial charge in [-0.3, -0.25) is 0 Å². The Hall–Kier alpha value is -1.54. The number of halogens is 3. The van der Waals surface area contributed by atoms with Crippen LogP contribution in [0.15, 0.2) is 28.8 Å². The van der Waals surface area contributed by atoms with Crippen molar-refractivity contribution in [3.8, 4) is 11.4 Å². The van der Waals surface area contributed by atoms with Crippen molar-refractivity contribution in [3.63, 3.8) is 0 Å². The molecule has 0 saturated heterocycles. The van der Waals surface area contributed by atoms with E-state index in [0.29, 0.717) is 11.6 Å². The molecule has 0 fully saturated rings. The zero-order valence-corrected chi connectivity index (χ0v) is 11.9. The Balaban J connectivity index is 2.14. The van der Waals surface area contributed by atoms with Crippen molar-refractivity contribution >= 4 is 11.8 Å². The predicted octanol–water partition coefficient (Wildman–Crippen LogP) is 3.37. The summed E-state index contributed by atoms with van der Waals surface area (Å²) in [4.78, 5) is 4.06. The minimum Gasteiger partial charge on any atom is -0.395 e. The molecule has 0 saturated carbocycles. The topological polar surface area (TPSA) is 59.2 Å². The molecule has 0 amide bonds. The molecule has 1 aromatic heterocycles. The van der Waals surface area contributed by atoms with E-state index in [0.717, 1.165) is 12.1 Å². The van der Waals surface area contributed by atoms with E-state index in [1.807, 2.05) is 6.92 Å². The van der Waals surface area contributed by atoms with Gasteiger partial charge in [-0.25, -0.2) is 0 Å². The molecule has 0 radical (unpaired) electrons. The van der Waals surface area contributed by atoms with E-state index < -0.39 is 11.7 Å². The zero-order chi connectivity index (χ0) is 15.5. The lowest BCUT2D eigenvalue weighted by molar-refractivity contribution is -0.137. The second-order valence-corrected chi connectivity index (χ2v) is 5.82. The van der Waals surface area contributed by atoms with Gasteiger partial charge in [-0.05, 0) is 12.1 Å². The number of hydrogen-bond donors (Lipinski definition) is 1. The molecule has 4 nitrogen and oxygen atoms in total. The largest absolute Gasteiger partial charge is 0.416 e. The van der Waals surface area contributed by atoms with Gasteiger partial charge in [0.1, 0.15) is 0 Å². The molecule has 0 aliphatic heterocycles. The molecule has 114 valence electrons. The van der Waals surface area contributed by atoms with Crippen LogP contribution in [0.5, 0.6) is 0 Å². The van der Waals surface area contributed by atoms with Crippen molar-refractivity contribution < 1.29 is 22.8 Å². The van der Waals surface area contributed by atoms with Gasteiger partial charge in [0.2, 0.25) is 11.7 Å². The maximum Gasteiger partial charge on any atom is 0.416 e. The van der Waals surface area contributed by atoms with Gasteiger partial charge >= 0.3 is 6.18 Å². The first-order chi connectivity index (χ1) is 9.90. The van der Waals surface area contributed by atoms with Crippen molar-refractivity contribution in [2.45, 2.75) is 24.1 Å². The van der Waals surface area contributed by atoms with E-state index in [1.54, 1.807) is 0 Å². The number of aromatic nitrogens is 2. The number of hydrogen-bond acceptors (Lipinski definition) is 5. The summed E-state index contributed by atoms with van der Waals surface area (Å²) < 4.78 is 42.9. The molecule has 8 heteroatoms. The summed E-state index contributed by atoms with van der Waals surface area (Å²) in [6.45, 7) is 1.87. The summed E-state index contributed by atoms with van der Waals surface area (Å²) in [5, 5.41) is 12.6. The van der Waals surface area contributed by atoms with Crippen LogP contribution in [0.1, 0.15) is 18.4 Å². The summed E-state index contributed by atoms with van der Waals surface area (Å²) >= 11 is 1.42. The highest BCUT2D eigenvalue weighted by molar-refractivity contribution is 7.99. The van der Waals surface area contributed by atoms with Crippen LogP contribution in [0, 0.1) is 0 Å². The van der Waals surface area contributed by atoms with E-state index in [9.17, 15) is 13.2 Å². The number of rotatable bonds is 5. The predicted molar refractivity (Wildman–Crippen MR) is 72.6 cm³/mol. The van der Waals surface area contributed by atoms with Crippen LogP contribution >= 0.6 is 11.8 Å². The average molecular weight is 318 g/mol. The highest BCUT2D eigenvalue weighted by atomic mass is 32.2. The van der Waals surface area contributed by atoms with Gasteiger partial charge in [-0.2, -0.15) is 18.2 Å². The standard InChI is InChI=1S/C13H13F3N2O2S/c1-8(6-19)21-7-11-17-12(18-20-11)9-3-2-4-10(5-9)13(14,15)16/h2-5,8,19H,6-7H2,1H3. The molecule has 1 atom stereocenters. The zero-order valence-electron chi connectivity index (χ0n) is 11.1. The van der Waals surface area contributed by atoms with Crippen molar-refractivity contribution in [2.24, 2.45) is 0 Å². The first-order valence-corrected chi connectivity index (χ1v) is 7.17. The summed E-state index contributed by atoms with van der Waals surface area (Å²) in [6.07, 6.45) is -4.41. The Morgan fingerprint density at radius 1 is 1.38 bits per heavy atom. The van der Waals surface area contributed by atoms with Gasteiger partial charge in [-0.15, -0.1) is 11.8 Å². The second kappa shape index (κ2) is 6.48. The maximum absolute atomic E-state index is 12.6. The van der Waals surface area contributed by atoms with Gasteiger partial charge in [0.05, 0.1) is 17.9 Å². The molecule has 1 unspecified atom stereocenters. The summed E-state index contributed by atoms with van der Waals surface area (Å²) in [6, 6.07) is 4.77. The third kappa shape index (κ3) is 4.21.